The van der Waals surface area contributed by atoms with E-state index in [-0.39, 0.29) is 5.82 Å². The lowest BCUT2D eigenvalue weighted by molar-refractivity contribution is 0.896. The molecule has 0 radical (unpaired) electrons. The van der Waals surface area contributed by atoms with Crippen LogP contribution in [0.1, 0.15) is 30.7 Å². The third-order valence-electron chi connectivity index (χ3n) is 2.66. The smallest absolute Gasteiger partial charge is 0.190 e. The van der Waals surface area contributed by atoms with Crippen molar-refractivity contribution in [3.05, 3.63) is 47.2 Å². The van der Waals surface area contributed by atoms with Crippen molar-refractivity contribution in [2.75, 3.05) is 5.73 Å². The van der Waals surface area contributed by atoms with Crippen molar-refractivity contribution in [3.8, 4) is 6.07 Å². The van der Waals surface area contributed by atoms with E-state index in [2.05, 4.69) is 29.9 Å². The Bertz CT molecular complexity index is 632. The number of hydrogen-bond acceptors (Lipinski definition) is 5. The SMILES string of the molecule is CC(C)Sc1nc(N)c(C#N)c(Cc2ccccc2)n1. The summed E-state index contributed by atoms with van der Waals surface area (Å²) in [6.45, 7) is 4.14. The lowest BCUT2D eigenvalue weighted by Crippen LogP contribution is -2.06. The maximum absolute atomic E-state index is 9.23. The molecule has 4 nitrogen and oxygen atoms in total. The normalized spacial score (nSPS) is 10.5. The third-order valence-corrected chi connectivity index (χ3v) is 3.52. The zero-order chi connectivity index (χ0) is 14.5. The molecule has 0 aliphatic heterocycles. The number of aromatic nitrogens is 2. The highest BCUT2D eigenvalue weighted by Crippen LogP contribution is 2.24. The molecule has 0 amide bonds. The summed E-state index contributed by atoms with van der Waals surface area (Å²) >= 11 is 1.54. The first-order chi connectivity index (χ1) is 9.60. The maximum Gasteiger partial charge on any atom is 0.190 e. The number of hydrogen-bond donors (Lipinski definition) is 1. The molecule has 2 rings (SSSR count). The van der Waals surface area contributed by atoms with Crippen LogP contribution in [-0.4, -0.2) is 15.2 Å². The Hall–Kier alpha value is -2.06. The third kappa shape index (κ3) is 3.49. The predicted octanol–water partition coefficient (Wildman–Crippen LogP) is 3.02. The highest BCUT2D eigenvalue weighted by Gasteiger charge is 2.13. The van der Waals surface area contributed by atoms with Crippen LogP contribution in [0.2, 0.25) is 0 Å². The molecule has 0 saturated heterocycles. The van der Waals surface area contributed by atoms with Gasteiger partial charge in [0.2, 0.25) is 0 Å². The number of nitrogens with zero attached hydrogens (tertiary/aromatic N) is 3. The second kappa shape index (κ2) is 6.40. The highest BCUT2D eigenvalue weighted by molar-refractivity contribution is 7.99. The molecule has 0 aliphatic carbocycles. The molecule has 20 heavy (non-hydrogen) atoms. The molecule has 2 aromatic rings. The summed E-state index contributed by atoms with van der Waals surface area (Å²) in [5.41, 5.74) is 8.04. The van der Waals surface area contributed by atoms with E-state index < -0.39 is 0 Å². The Kier molecular flexibility index (Phi) is 4.59. The van der Waals surface area contributed by atoms with E-state index in [9.17, 15) is 5.26 Å². The minimum absolute atomic E-state index is 0.261. The van der Waals surface area contributed by atoms with Crippen molar-refractivity contribution < 1.29 is 0 Å². The summed E-state index contributed by atoms with van der Waals surface area (Å²) in [7, 11) is 0. The minimum atomic E-state index is 0.261. The van der Waals surface area contributed by atoms with Gasteiger partial charge in [0, 0.05) is 11.7 Å². The molecule has 1 aromatic carbocycles. The Balaban J connectivity index is 2.39. The number of benzene rings is 1. The Labute approximate surface area is 123 Å². The van der Waals surface area contributed by atoms with Gasteiger partial charge in [-0.05, 0) is 5.56 Å². The van der Waals surface area contributed by atoms with E-state index in [1.165, 1.54) is 0 Å². The quantitative estimate of drug-likeness (QED) is 0.690. The monoisotopic (exact) mass is 284 g/mol. The van der Waals surface area contributed by atoms with Crippen molar-refractivity contribution in [1.82, 2.24) is 9.97 Å². The van der Waals surface area contributed by atoms with Crippen LogP contribution in [-0.2, 0) is 6.42 Å². The number of rotatable bonds is 4. The minimum Gasteiger partial charge on any atom is -0.382 e. The summed E-state index contributed by atoms with van der Waals surface area (Å²) in [6.07, 6.45) is 0.585. The summed E-state index contributed by atoms with van der Waals surface area (Å²) in [6, 6.07) is 12.0. The molecule has 0 unspecified atom stereocenters. The van der Waals surface area contributed by atoms with Crippen LogP contribution < -0.4 is 5.73 Å². The number of nitrogens with two attached hydrogens (primary N) is 1. The first kappa shape index (κ1) is 14.4. The van der Waals surface area contributed by atoms with Gasteiger partial charge in [0.1, 0.15) is 17.5 Å². The van der Waals surface area contributed by atoms with Gasteiger partial charge in [0.25, 0.3) is 0 Å². The molecule has 0 saturated carbocycles. The van der Waals surface area contributed by atoms with Crippen molar-refractivity contribution in [2.45, 2.75) is 30.7 Å². The highest BCUT2D eigenvalue weighted by atomic mass is 32.2. The first-order valence-electron chi connectivity index (χ1n) is 6.37. The standard InChI is InChI=1S/C15H16N4S/c1-10(2)20-15-18-13(12(9-16)14(17)19-15)8-11-6-4-3-5-7-11/h3-7,10H,8H2,1-2H3,(H2,17,18,19). The van der Waals surface area contributed by atoms with Crippen molar-refractivity contribution >= 4 is 17.6 Å². The predicted molar refractivity (Wildman–Crippen MR) is 81.4 cm³/mol. The first-order valence-corrected chi connectivity index (χ1v) is 7.25. The maximum atomic E-state index is 9.23. The van der Waals surface area contributed by atoms with Gasteiger partial charge < -0.3 is 5.73 Å². The second-order valence-electron chi connectivity index (χ2n) is 4.65. The van der Waals surface area contributed by atoms with Crippen LogP contribution >= 0.6 is 11.8 Å². The lowest BCUT2D eigenvalue weighted by atomic mass is 10.1. The molecule has 5 heteroatoms. The summed E-state index contributed by atoms with van der Waals surface area (Å²) in [4.78, 5) is 8.68. The second-order valence-corrected chi connectivity index (χ2v) is 6.20. The van der Waals surface area contributed by atoms with E-state index in [1.54, 1.807) is 11.8 Å². The number of nitriles is 1. The van der Waals surface area contributed by atoms with Gasteiger partial charge in [-0.15, -0.1) is 0 Å². The van der Waals surface area contributed by atoms with Crippen LogP contribution in [0.5, 0.6) is 0 Å². The van der Waals surface area contributed by atoms with Gasteiger partial charge >= 0.3 is 0 Å². The molecule has 0 aliphatic rings. The Morgan fingerprint density at radius 1 is 1.25 bits per heavy atom. The van der Waals surface area contributed by atoms with Gasteiger partial charge in [-0.3, -0.25) is 0 Å². The zero-order valence-electron chi connectivity index (χ0n) is 11.5. The van der Waals surface area contributed by atoms with E-state index in [1.807, 2.05) is 30.3 Å². The number of nitrogen functional groups attached to an aromatic ring is 1. The molecule has 0 fully saturated rings. The summed E-state index contributed by atoms with van der Waals surface area (Å²) in [5, 5.41) is 10.2. The Morgan fingerprint density at radius 3 is 2.55 bits per heavy atom. The van der Waals surface area contributed by atoms with E-state index in [4.69, 9.17) is 5.73 Å². The average molecular weight is 284 g/mol. The van der Waals surface area contributed by atoms with Crippen molar-refractivity contribution in [3.63, 3.8) is 0 Å². The van der Waals surface area contributed by atoms with E-state index in [0.29, 0.717) is 28.1 Å². The van der Waals surface area contributed by atoms with Crippen molar-refractivity contribution in [2.24, 2.45) is 0 Å². The van der Waals surface area contributed by atoms with Crippen LogP contribution in [0.25, 0.3) is 0 Å². The van der Waals surface area contributed by atoms with Crippen LogP contribution in [0.4, 0.5) is 5.82 Å². The van der Waals surface area contributed by atoms with Gasteiger partial charge in [0.05, 0.1) is 5.69 Å². The van der Waals surface area contributed by atoms with Crippen LogP contribution in [0.3, 0.4) is 0 Å². The molecule has 0 atom stereocenters. The molecule has 102 valence electrons. The summed E-state index contributed by atoms with van der Waals surface area (Å²) < 4.78 is 0. The van der Waals surface area contributed by atoms with E-state index in [0.717, 1.165) is 5.56 Å². The van der Waals surface area contributed by atoms with Crippen LogP contribution in [0, 0.1) is 11.3 Å². The molecule has 1 heterocycles. The number of anilines is 1. The summed E-state index contributed by atoms with van der Waals surface area (Å²) in [5.74, 6) is 0.261. The van der Waals surface area contributed by atoms with Gasteiger partial charge in [-0.2, -0.15) is 5.26 Å². The largest absolute Gasteiger partial charge is 0.382 e. The molecule has 1 aromatic heterocycles. The Morgan fingerprint density at radius 2 is 1.95 bits per heavy atom. The molecular weight excluding hydrogens is 268 g/mol. The average Bonchev–Trinajstić information content (AvgIpc) is 2.39. The fourth-order valence-electron chi connectivity index (χ4n) is 1.81. The molecule has 0 bridgehead atoms. The fourth-order valence-corrected chi connectivity index (χ4v) is 2.54. The van der Waals surface area contributed by atoms with Gasteiger partial charge in [0.15, 0.2) is 5.16 Å². The molecule has 0 spiro atoms. The topological polar surface area (TPSA) is 75.6 Å². The van der Waals surface area contributed by atoms with Gasteiger partial charge in [-0.1, -0.05) is 55.9 Å². The van der Waals surface area contributed by atoms with Gasteiger partial charge in [-0.25, -0.2) is 9.97 Å². The molecule has 2 N–H and O–H groups in total. The van der Waals surface area contributed by atoms with E-state index >= 15 is 0 Å². The fraction of sp³-hybridized carbons (Fsp3) is 0.267. The zero-order valence-corrected chi connectivity index (χ0v) is 12.3. The lowest BCUT2D eigenvalue weighted by Gasteiger charge is -2.09. The van der Waals surface area contributed by atoms with Crippen molar-refractivity contribution in [1.29, 1.82) is 5.26 Å². The molecular formula is C15H16N4S. The number of thioether (sulfide) groups is 1. The van der Waals surface area contributed by atoms with Crippen LogP contribution in [0.15, 0.2) is 35.5 Å².